The van der Waals surface area contributed by atoms with Crippen molar-refractivity contribution in [3.8, 4) is 0 Å². The van der Waals surface area contributed by atoms with Crippen LogP contribution in [0.3, 0.4) is 0 Å². The Labute approximate surface area is 123 Å². The van der Waals surface area contributed by atoms with E-state index in [-0.39, 0.29) is 29.2 Å². The van der Waals surface area contributed by atoms with Gasteiger partial charge in [-0.2, -0.15) is 0 Å². The fraction of sp³-hybridized carbons (Fsp3) is 0.714. The summed E-state index contributed by atoms with van der Waals surface area (Å²) in [6, 6.07) is 0. The van der Waals surface area contributed by atoms with E-state index in [1.807, 2.05) is 6.92 Å². The highest BCUT2D eigenvalue weighted by Gasteiger charge is 2.41. The number of anilines is 2. The number of rotatable bonds is 7. The van der Waals surface area contributed by atoms with Gasteiger partial charge in [0, 0.05) is 26.7 Å². The van der Waals surface area contributed by atoms with Crippen molar-refractivity contribution in [1.29, 1.82) is 0 Å². The molecular formula is C14H24N4O3. The third kappa shape index (κ3) is 2.97. The van der Waals surface area contributed by atoms with Crippen molar-refractivity contribution in [3.05, 3.63) is 20.8 Å². The molecule has 0 radical (unpaired) electrons. The summed E-state index contributed by atoms with van der Waals surface area (Å²) in [6.45, 7) is 3.17. The van der Waals surface area contributed by atoms with Crippen molar-refractivity contribution in [1.82, 2.24) is 9.13 Å². The second kappa shape index (κ2) is 5.93. The fourth-order valence-corrected chi connectivity index (χ4v) is 2.59. The number of nitrogens with one attached hydrogen (secondary N) is 1. The summed E-state index contributed by atoms with van der Waals surface area (Å²) in [5, 5.41) is 12.2. The molecule has 0 amide bonds. The second-order valence-electron chi connectivity index (χ2n) is 5.89. The van der Waals surface area contributed by atoms with Gasteiger partial charge in [-0.3, -0.25) is 13.9 Å². The average Bonchev–Trinajstić information content (AvgIpc) is 3.22. The molecule has 1 fully saturated rings. The van der Waals surface area contributed by atoms with E-state index >= 15 is 0 Å². The number of nitrogen functional groups attached to an aromatic ring is 1. The highest BCUT2D eigenvalue weighted by atomic mass is 16.3. The molecule has 7 heteroatoms. The highest BCUT2D eigenvalue weighted by molar-refractivity contribution is 5.60. The van der Waals surface area contributed by atoms with Gasteiger partial charge in [-0.15, -0.1) is 0 Å². The molecule has 0 aliphatic heterocycles. The summed E-state index contributed by atoms with van der Waals surface area (Å²) in [7, 11) is 1.46. The fourth-order valence-electron chi connectivity index (χ4n) is 2.59. The van der Waals surface area contributed by atoms with Crippen molar-refractivity contribution in [2.24, 2.45) is 12.5 Å². The summed E-state index contributed by atoms with van der Waals surface area (Å²) in [5.74, 6) is 0.199. The van der Waals surface area contributed by atoms with E-state index in [2.05, 4.69) is 5.32 Å². The van der Waals surface area contributed by atoms with Gasteiger partial charge in [0.1, 0.15) is 11.5 Å². The first kappa shape index (κ1) is 15.6. The topological polar surface area (TPSA) is 102 Å². The summed E-state index contributed by atoms with van der Waals surface area (Å²) in [6.07, 6.45) is 3.55. The zero-order chi connectivity index (χ0) is 15.6. The Morgan fingerprint density at radius 3 is 2.57 bits per heavy atom. The summed E-state index contributed by atoms with van der Waals surface area (Å²) >= 11 is 0. The molecule has 0 aromatic carbocycles. The molecule has 0 saturated heterocycles. The third-order valence-corrected chi connectivity index (χ3v) is 4.27. The summed E-state index contributed by atoms with van der Waals surface area (Å²) in [5.41, 5.74) is 5.57. The van der Waals surface area contributed by atoms with Crippen LogP contribution in [0.2, 0.25) is 0 Å². The van der Waals surface area contributed by atoms with Crippen LogP contribution in [0.5, 0.6) is 0 Å². The lowest BCUT2D eigenvalue weighted by molar-refractivity contribution is 0.253. The molecule has 4 N–H and O–H groups in total. The molecular weight excluding hydrogens is 272 g/mol. The average molecular weight is 296 g/mol. The lowest BCUT2D eigenvalue weighted by Gasteiger charge is -2.19. The van der Waals surface area contributed by atoms with Crippen LogP contribution in [-0.4, -0.2) is 27.4 Å². The van der Waals surface area contributed by atoms with Crippen molar-refractivity contribution in [2.75, 3.05) is 24.2 Å². The number of aliphatic hydroxyl groups is 1. The number of nitrogens with two attached hydrogens (primary N) is 1. The maximum atomic E-state index is 12.2. The van der Waals surface area contributed by atoms with Gasteiger partial charge in [-0.05, 0) is 31.1 Å². The minimum atomic E-state index is -0.398. The Hall–Kier alpha value is -1.76. The number of hydrogen-bond acceptors (Lipinski definition) is 5. The van der Waals surface area contributed by atoms with E-state index in [1.165, 1.54) is 11.6 Å². The molecule has 1 saturated carbocycles. The zero-order valence-electron chi connectivity index (χ0n) is 12.7. The van der Waals surface area contributed by atoms with Crippen molar-refractivity contribution in [3.63, 3.8) is 0 Å². The smallest absolute Gasteiger partial charge is 0.332 e. The van der Waals surface area contributed by atoms with Gasteiger partial charge >= 0.3 is 5.69 Å². The molecule has 21 heavy (non-hydrogen) atoms. The largest absolute Gasteiger partial charge is 0.396 e. The Bertz CT molecular complexity index is 628. The Morgan fingerprint density at radius 2 is 2.05 bits per heavy atom. The first-order valence-corrected chi connectivity index (χ1v) is 7.40. The van der Waals surface area contributed by atoms with Gasteiger partial charge in [0.15, 0.2) is 0 Å². The number of nitrogens with zero attached hydrogens (tertiary/aromatic N) is 2. The van der Waals surface area contributed by atoms with Crippen LogP contribution in [0.4, 0.5) is 11.5 Å². The molecule has 0 bridgehead atoms. The van der Waals surface area contributed by atoms with E-state index in [0.717, 1.165) is 30.3 Å². The van der Waals surface area contributed by atoms with Crippen LogP contribution in [0, 0.1) is 5.41 Å². The summed E-state index contributed by atoms with van der Waals surface area (Å²) < 4.78 is 2.51. The predicted molar refractivity (Wildman–Crippen MR) is 82.5 cm³/mol. The lowest BCUT2D eigenvalue weighted by atomic mass is 10.0. The van der Waals surface area contributed by atoms with E-state index in [0.29, 0.717) is 13.1 Å². The normalized spacial score (nSPS) is 16.0. The van der Waals surface area contributed by atoms with Crippen molar-refractivity contribution >= 4 is 11.5 Å². The molecule has 0 spiro atoms. The second-order valence-corrected chi connectivity index (χ2v) is 5.89. The number of aromatic nitrogens is 2. The Morgan fingerprint density at radius 1 is 1.38 bits per heavy atom. The highest BCUT2D eigenvalue weighted by Crippen LogP contribution is 2.48. The molecule has 1 aliphatic carbocycles. The lowest BCUT2D eigenvalue weighted by Crippen LogP contribution is -2.41. The maximum absolute atomic E-state index is 12.2. The molecule has 0 atom stereocenters. The molecule has 1 aliphatic rings. The first-order chi connectivity index (χ1) is 9.95. The molecule has 0 unspecified atom stereocenters. The van der Waals surface area contributed by atoms with Crippen molar-refractivity contribution < 1.29 is 5.11 Å². The van der Waals surface area contributed by atoms with E-state index in [9.17, 15) is 9.59 Å². The van der Waals surface area contributed by atoms with Gasteiger partial charge in [-0.1, -0.05) is 6.92 Å². The minimum Gasteiger partial charge on any atom is -0.396 e. The SMILES string of the molecule is CCCn1c(N)c(NCC2(CCO)CC2)c(=O)n(C)c1=O. The van der Waals surface area contributed by atoms with Crippen LogP contribution >= 0.6 is 0 Å². The molecule has 1 aromatic rings. The molecule has 7 nitrogen and oxygen atoms in total. The number of aliphatic hydroxyl groups excluding tert-OH is 1. The number of hydrogen-bond donors (Lipinski definition) is 3. The predicted octanol–water partition coefficient (Wildman–Crippen LogP) is 0.114. The van der Waals surface area contributed by atoms with Gasteiger partial charge in [0.2, 0.25) is 0 Å². The van der Waals surface area contributed by atoms with Crippen LogP contribution < -0.4 is 22.3 Å². The molecule has 2 rings (SSSR count). The van der Waals surface area contributed by atoms with Crippen LogP contribution in [0.25, 0.3) is 0 Å². The van der Waals surface area contributed by atoms with Crippen LogP contribution in [-0.2, 0) is 13.6 Å². The van der Waals surface area contributed by atoms with E-state index in [1.54, 1.807) is 0 Å². The van der Waals surface area contributed by atoms with Gasteiger partial charge in [0.25, 0.3) is 5.56 Å². The Kier molecular flexibility index (Phi) is 4.41. The Balaban J connectivity index is 2.31. The standard InChI is InChI=1S/C14H24N4O3/c1-3-7-18-11(15)10(12(20)17(2)13(18)21)16-9-14(4-5-14)6-8-19/h16,19H,3-9,15H2,1-2H3. The first-order valence-electron chi connectivity index (χ1n) is 7.40. The van der Waals surface area contributed by atoms with E-state index in [4.69, 9.17) is 10.8 Å². The maximum Gasteiger partial charge on any atom is 0.332 e. The molecule has 1 aromatic heterocycles. The van der Waals surface area contributed by atoms with Crippen molar-refractivity contribution in [2.45, 2.75) is 39.2 Å². The molecule has 118 valence electrons. The third-order valence-electron chi connectivity index (χ3n) is 4.27. The van der Waals surface area contributed by atoms with Gasteiger partial charge in [-0.25, -0.2) is 4.79 Å². The van der Waals surface area contributed by atoms with Crippen LogP contribution in [0.1, 0.15) is 32.6 Å². The minimum absolute atomic E-state index is 0.0674. The quantitative estimate of drug-likeness (QED) is 0.663. The van der Waals surface area contributed by atoms with Gasteiger partial charge in [0.05, 0.1) is 0 Å². The monoisotopic (exact) mass is 296 g/mol. The van der Waals surface area contributed by atoms with Crippen LogP contribution in [0.15, 0.2) is 9.59 Å². The van der Waals surface area contributed by atoms with Gasteiger partial charge < -0.3 is 16.2 Å². The summed E-state index contributed by atoms with van der Waals surface area (Å²) in [4.78, 5) is 24.3. The zero-order valence-corrected chi connectivity index (χ0v) is 12.7. The molecule has 1 heterocycles. The van der Waals surface area contributed by atoms with E-state index < -0.39 is 5.56 Å².